The van der Waals surface area contributed by atoms with Gasteiger partial charge in [-0.1, -0.05) is 19.1 Å². The molecule has 18 heavy (non-hydrogen) atoms. The number of hydrogen-bond acceptors (Lipinski definition) is 3. The third kappa shape index (κ3) is 3.65. The smallest absolute Gasteiger partial charge is 0.123 e. The number of aliphatic hydroxyl groups is 1. The Hall–Kier alpha value is -0.190. The summed E-state index contributed by atoms with van der Waals surface area (Å²) in [6.07, 6.45) is 1.25. The van der Waals surface area contributed by atoms with Gasteiger partial charge in [0.1, 0.15) is 5.82 Å². The SMILES string of the molecule is CCC1SCCSC1C(O)Cc1cccc(F)c1. The Morgan fingerprint density at radius 3 is 2.89 bits per heavy atom. The lowest BCUT2D eigenvalue weighted by molar-refractivity contribution is 0.169. The van der Waals surface area contributed by atoms with Crippen LogP contribution in [-0.2, 0) is 6.42 Å². The van der Waals surface area contributed by atoms with Gasteiger partial charge in [0.15, 0.2) is 0 Å². The lowest BCUT2D eigenvalue weighted by Gasteiger charge is -2.33. The molecule has 1 nitrogen and oxygen atoms in total. The molecule has 1 saturated heterocycles. The quantitative estimate of drug-likeness (QED) is 0.916. The lowest BCUT2D eigenvalue weighted by Crippen LogP contribution is -2.37. The van der Waals surface area contributed by atoms with Crippen LogP contribution in [0.2, 0.25) is 0 Å². The second-order valence-corrected chi connectivity index (χ2v) is 7.19. The molecule has 3 atom stereocenters. The predicted octanol–water partition coefficient (Wildman–Crippen LogP) is 3.36. The Kier molecular flexibility index (Phi) is 5.39. The standard InChI is InChI=1S/C14H19FOS2/c1-2-13-14(18-7-6-17-13)12(16)9-10-4-3-5-11(15)8-10/h3-5,8,12-14,16H,2,6-7,9H2,1H3. The van der Waals surface area contributed by atoms with E-state index in [1.807, 2.05) is 29.6 Å². The first kappa shape index (κ1) is 14.2. The summed E-state index contributed by atoms with van der Waals surface area (Å²) in [5, 5.41) is 11.2. The van der Waals surface area contributed by atoms with E-state index in [1.54, 1.807) is 6.07 Å². The molecule has 4 heteroatoms. The Bertz CT molecular complexity index is 386. The summed E-state index contributed by atoms with van der Waals surface area (Å²) in [6.45, 7) is 2.17. The molecule has 3 unspecified atom stereocenters. The Morgan fingerprint density at radius 2 is 2.17 bits per heavy atom. The van der Waals surface area contributed by atoms with Gasteiger partial charge in [-0.25, -0.2) is 4.39 Å². The maximum atomic E-state index is 13.1. The zero-order valence-corrected chi connectivity index (χ0v) is 12.1. The summed E-state index contributed by atoms with van der Waals surface area (Å²) in [6, 6.07) is 6.55. The van der Waals surface area contributed by atoms with Crippen LogP contribution in [0, 0.1) is 5.82 Å². The highest BCUT2D eigenvalue weighted by Crippen LogP contribution is 2.35. The Balaban J connectivity index is 1.99. The maximum Gasteiger partial charge on any atom is 0.123 e. The van der Waals surface area contributed by atoms with Crippen LogP contribution in [0.5, 0.6) is 0 Å². The molecule has 0 amide bonds. The highest BCUT2D eigenvalue weighted by atomic mass is 32.2. The summed E-state index contributed by atoms with van der Waals surface area (Å²) >= 11 is 3.82. The minimum Gasteiger partial charge on any atom is -0.392 e. The van der Waals surface area contributed by atoms with Crippen molar-refractivity contribution in [2.24, 2.45) is 0 Å². The van der Waals surface area contributed by atoms with Gasteiger partial charge >= 0.3 is 0 Å². The van der Waals surface area contributed by atoms with Crippen molar-refractivity contribution in [3.63, 3.8) is 0 Å². The first-order chi connectivity index (χ1) is 8.70. The van der Waals surface area contributed by atoms with Crippen LogP contribution in [-0.4, -0.2) is 33.2 Å². The fourth-order valence-corrected chi connectivity index (χ4v) is 5.46. The topological polar surface area (TPSA) is 20.2 Å². The highest BCUT2D eigenvalue weighted by Gasteiger charge is 2.30. The molecule has 1 N–H and O–H groups in total. The van der Waals surface area contributed by atoms with Crippen molar-refractivity contribution in [1.82, 2.24) is 0 Å². The number of hydrogen-bond donors (Lipinski definition) is 1. The third-order valence-corrected chi connectivity index (χ3v) is 6.60. The van der Waals surface area contributed by atoms with Gasteiger partial charge in [0.25, 0.3) is 0 Å². The molecular weight excluding hydrogens is 267 g/mol. The minimum absolute atomic E-state index is 0.225. The van der Waals surface area contributed by atoms with Gasteiger partial charge in [-0.2, -0.15) is 23.5 Å². The number of thioether (sulfide) groups is 2. The molecule has 1 aromatic carbocycles. The van der Waals surface area contributed by atoms with E-state index in [2.05, 4.69) is 6.92 Å². The fraction of sp³-hybridized carbons (Fsp3) is 0.571. The Labute approximate surface area is 117 Å². The van der Waals surface area contributed by atoms with E-state index >= 15 is 0 Å². The zero-order valence-electron chi connectivity index (χ0n) is 10.5. The molecule has 1 heterocycles. The average molecular weight is 286 g/mol. The van der Waals surface area contributed by atoms with Crippen molar-refractivity contribution in [2.45, 2.75) is 36.4 Å². The minimum atomic E-state index is -0.380. The molecule has 0 aliphatic carbocycles. The molecule has 1 aromatic rings. The van der Waals surface area contributed by atoms with Crippen LogP contribution in [0.25, 0.3) is 0 Å². The maximum absolute atomic E-state index is 13.1. The highest BCUT2D eigenvalue weighted by molar-refractivity contribution is 8.07. The second kappa shape index (κ2) is 6.83. The van der Waals surface area contributed by atoms with Crippen LogP contribution in [0.3, 0.4) is 0 Å². The normalized spacial score (nSPS) is 25.9. The molecule has 0 spiro atoms. The van der Waals surface area contributed by atoms with E-state index < -0.39 is 0 Å². The van der Waals surface area contributed by atoms with E-state index in [-0.39, 0.29) is 17.2 Å². The van der Waals surface area contributed by atoms with Crippen LogP contribution in [0.15, 0.2) is 24.3 Å². The average Bonchev–Trinajstić information content (AvgIpc) is 2.38. The van der Waals surface area contributed by atoms with Crippen molar-refractivity contribution in [2.75, 3.05) is 11.5 Å². The molecule has 2 rings (SSSR count). The van der Waals surface area contributed by atoms with Crippen molar-refractivity contribution in [3.05, 3.63) is 35.6 Å². The lowest BCUT2D eigenvalue weighted by atomic mass is 10.0. The van der Waals surface area contributed by atoms with Crippen molar-refractivity contribution >= 4 is 23.5 Å². The molecule has 0 bridgehead atoms. The number of aliphatic hydroxyl groups excluding tert-OH is 1. The summed E-state index contributed by atoms with van der Waals surface area (Å²) < 4.78 is 13.1. The monoisotopic (exact) mass is 286 g/mol. The van der Waals surface area contributed by atoms with E-state index in [4.69, 9.17) is 0 Å². The van der Waals surface area contributed by atoms with Gasteiger partial charge in [-0.3, -0.25) is 0 Å². The van der Waals surface area contributed by atoms with Crippen molar-refractivity contribution in [1.29, 1.82) is 0 Å². The van der Waals surface area contributed by atoms with Gasteiger partial charge in [0.2, 0.25) is 0 Å². The first-order valence-electron chi connectivity index (χ1n) is 6.36. The zero-order chi connectivity index (χ0) is 13.0. The first-order valence-corrected chi connectivity index (χ1v) is 8.46. The summed E-state index contributed by atoms with van der Waals surface area (Å²) in [4.78, 5) is 0. The molecule has 100 valence electrons. The second-order valence-electron chi connectivity index (χ2n) is 4.55. The summed E-state index contributed by atoms with van der Waals surface area (Å²) in [7, 11) is 0. The van der Waals surface area contributed by atoms with Gasteiger partial charge in [-0.05, 0) is 30.5 Å². The van der Waals surface area contributed by atoms with Gasteiger partial charge in [0, 0.05) is 22.0 Å². The summed E-state index contributed by atoms with van der Waals surface area (Å²) in [5.74, 6) is 2.05. The summed E-state index contributed by atoms with van der Waals surface area (Å²) in [5.41, 5.74) is 0.883. The number of benzene rings is 1. The number of rotatable bonds is 4. The van der Waals surface area contributed by atoms with Crippen LogP contribution < -0.4 is 0 Å². The predicted molar refractivity (Wildman–Crippen MR) is 78.9 cm³/mol. The van der Waals surface area contributed by atoms with Crippen molar-refractivity contribution < 1.29 is 9.50 Å². The largest absolute Gasteiger partial charge is 0.392 e. The van der Waals surface area contributed by atoms with E-state index in [0.717, 1.165) is 17.7 Å². The molecule has 0 radical (unpaired) electrons. The third-order valence-electron chi connectivity index (χ3n) is 3.21. The van der Waals surface area contributed by atoms with Gasteiger partial charge < -0.3 is 5.11 Å². The molecule has 1 fully saturated rings. The van der Waals surface area contributed by atoms with E-state index in [1.165, 1.54) is 17.9 Å². The van der Waals surface area contributed by atoms with Gasteiger partial charge in [-0.15, -0.1) is 0 Å². The Morgan fingerprint density at radius 1 is 1.39 bits per heavy atom. The molecule has 1 aliphatic rings. The number of halogens is 1. The van der Waals surface area contributed by atoms with Crippen LogP contribution >= 0.6 is 23.5 Å². The van der Waals surface area contributed by atoms with E-state index in [9.17, 15) is 9.50 Å². The van der Waals surface area contributed by atoms with E-state index in [0.29, 0.717) is 11.7 Å². The molecule has 0 saturated carbocycles. The fourth-order valence-electron chi connectivity index (χ4n) is 2.32. The van der Waals surface area contributed by atoms with Crippen LogP contribution in [0.1, 0.15) is 18.9 Å². The van der Waals surface area contributed by atoms with Crippen molar-refractivity contribution in [3.8, 4) is 0 Å². The molecular formula is C14H19FOS2. The molecule has 0 aromatic heterocycles. The molecule has 1 aliphatic heterocycles. The van der Waals surface area contributed by atoms with Crippen LogP contribution in [0.4, 0.5) is 4.39 Å². The van der Waals surface area contributed by atoms with Gasteiger partial charge in [0.05, 0.1) is 6.10 Å².